The molecule has 0 aromatic heterocycles. The zero-order valence-electron chi connectivity index (χ0n) is 12.7. The van der Waals surface area contributed by atoms with Crippen molar-refractivity contribution < 1.29 is 4.79 Å². The van der Waals surface area contributed by atoms with Crippen molar-refractivity contribution in [3.8, 4) is 6.07 Å². The molecular weight excluding hydrogens is 250 g/mol. The van der Waals surface area contributed by atoms with E-state index in [9.17, 15) is 10.1 Å². The molecule has 0 aromatic carbocycles. The van der Waals surface area contributed by atoms with Crippen LogP contribution in [0.3, 0.4) is 0 Å². The second-order valence-corrected chi connectivity index (χ2v) is 6.55. The highest BCUT2D eigenvalue weighted by atomic mass is 16.2. The van der Waals surface area contributed by atoms with Crippen molar-refractivity contribution in [3.05, 3.63) is 0 Å². The molecule has 0 bridgehead atoms. The van der Waals surface area contributed by atoms with E-state index in [0.717, 1.165) is 51.0 Å². The minimum absolute atomic E-state index is 0.0207. The Balaban J connectivity index is 1.73. The predicted molar refractivity (Wildman–Crippen MR) is 79.0 cm³/mol. The molecule has 2 aliphatic rings. The highest BCUT2D eigenvalue weighted by Crippen LogP contribution is 2.35. The number of amides is 1. The maximum absolute atomic E-state index is 12.3. The molecule has 1 aliphatic heterocycles. The number of piperidine rings is 1. The lowest BCUT2D eigenvalue weighted by Gasteiger charge is -2.31. The fourth-order valence-electron chi connectivity index (χ4n) is 3.45. The number of nitrogens with one attached hydrogen (secondary N) is 1. The monoisotopic (exact) mass is 277 g/mol. The standard InChI is InChI=1S/C16H27N3O/c1-19-11-6-14(7-12-19)5-10-18-15(20)16(13-17)8-3-2-4-9-16/h14H,2-12H2,1H3,(H,18,20). The van der Waals surface area contributed by atoms with E-state index < -0.39 is 5.41 Å². The zero-order chi connectivity index (χ0) is 14.4. The summed E-state index contributed by atoms with van der Waals surface area (Å²) >= 11 is 0. The number of nitriles is 1. The van der Waals surface area contributed by atoms with Crippen molar-refractivity contribution in [1.82, 2.24) is 10.2 Å². The number of carbonyl (C=O) groups excluding carboxylic acids is 1. The van der Waals surface area contributed by atoms with Gasteiger partial charge in [-0.2, -0.15) is 5.26 Å². The predicted octanol–water partition coefficient (Wildman–Crippen LogP) is 2.31. The second kappa shape index (κ2) is 7.08. The molecule has 0 radical (unpaired) electrons. The molecule has 0 unspecified atom stereocenters. The van der Waals surface area contributed by atoms with Gasteiger partial charge in [0, 0.05) is 6.54 Å². The van der Waals surface area contributed by atoms with Gasteiger partial charge in [0.15, 0.2) is 0 Å². The smallest absolute Gasteiger partial charge is 0.240 e. The first-order valence-corrected chi connectivity index (χ1v) is 8.04. The number of hydrogen-bond acceptors (Lipinski definition) is 3. The quantitative estimate of drug-likeness (QED) is 0.858. The first-order chi connectivity index (χ1) is 9.66. The van der Waals surface area contributed by atoms with Crippen LogP contribution in [-0.2, 0) is 4.79 Å². The number of hydrogen-bond donors (Lipinski definition) is 1. The van der Waals surface area contributed by atoms with Crippen LogP contribution in [0.1, 0.15) is 51.4 Å². The van der Waals surface area contributed by atoms with Crippen LogP contribution in [0.15, 0.2) is 0 Å². The van der Waals surface area contributed by atoms with E-state index in [0.29, 0.717) is 0 Å². The number of rotatable bonds is 4. The van der Waals surface area contributed by atoms with Crippen molar-refractivity contribution in [3.63, 3.8) is 0 Å². The van der Waals surface area contributed by atoms with E-state index >= 15 is 0 Å². The van der Waals surface area contributed by atoms with E-state index in [1.54, 1.807) is 0 Å². The van der Waals surface area contributed by atoms with Gasteiger partial charge in [0.1, 0.15) is 5.41 Å². The van der Waals surface area contributed by atoms with Gasteiger partial charge >= 0.3 is 0 Å². The summed E-state index contributed by atoms with van der Waals surface area (Å²) in [5.74, 6) is 0.712. The molecule has 4 heteroatoms. The van der Waals surface area contributed by atoms with Crippen LogP contribution < -0.4 is 5.32 Å². The summed E-state index contributed by atoms with van der Waals surface area (Å²) < 4.78 is 0. The minimum Gasteiger partial charge on any atom is -0.355 e. The average Bonchev–Trinajstić information content (AvgIpc) is 2.50. The van der Waals surface area contributed by atoms with Gasteiger partial charge in [-0.15, -0.1) is 0 Å². The molecule has 1 amide bonds. The Morgan fingerprint density at radius 3 is 2.55 bits per heavy atom. The summed E-state index contributed by atoms with van der Waals surface area (Å²) in [7, 11) is 2.16. The molecule has 2 rings (SSSR count). The van der Waals surface area contributed by atoms with Crippen LogP contribution in [0.2, 0.25) is 0 Å². The number of likely N-dealkylation sites (tertiary alicyclic amines) is 1. The Kier molecular flexibility index (Phi) is 5.42. The van der Waals surface area contributed by atoms with Crippen LogP contribution in [0.4, 0.5) is 0 Å². The normalized spacial score (nSPS) is 24.0. The Bertz CT molecular complexity index is 360. The fourth-order valence-corrected chi connectivity index (χ4v) is 3.45. The van der Waals surface area contributed by atoms with Gasteiger partial charge in [0.25, 0.3) is 0 Å². The van der Waals surface area contributed by atoms with E-state index in [-0.39, 0.29) is 5.91 Å². The highest BCUT2D eigenvalue weighted by Gasteiger charge is 2.39. The number of nitrogens with zero attached hydrogens (tertiary/aromatic N) is 2. The summed E-state index contributed by atoms with van der Waals surface area (Å²) in [5, 5.41) is 12.4. The Labute approximate surface area is 122 Å². The topological polar surface area (TPSA) is 56.1 Å². The Morgan fingerprint density at radius 1 is 1.30 bits per heavy atom. The summed E-state index contributed by atoms with van der Waals surface area (Å²) in [6.07, 6.45) is 8.18. The van der Waals surface area contributed by atoms with E-state index in [1.165, 1.54) is 25.9 Å². The summed E-state index contributed by atoms with van der Waals surface area (Å²) in [5.41, 5.74) is -0.731. The third-order valence-corrected chi connectivity index (χ3v) is 5.03. The van der Waals surface area contributed by atoms with Crippen LogP contribution in [0.25, 0.3) is 0 Å². The third-order valence-electron chi connectivity index (χ3n) is 5.03. The van der Waals surface area contributed by atoms with Crippen LogP contribution in [0, 0.1) is 22.7 Å². The Morgan fingerprint density at radius 2 is 1.95 bits per heavy atom. The van der Waals surface area contributed by atoms with E-state index in [1.807, 2.05) is 0 Å². The summed E-state index contributed by atoms with van der Waals surface area (Å²) in [4.78, 5) is 14.7. The molecule has 0 aromatic rings. The maximum Gasteiger partial charge on any atom is 0.240 e. The molecule has 20 heavy (non-hydrogen) atoms. The van der Waals surface area contributed by atoms with Crippen LogP contribution >= 0.6 is 0 Å². The van der Waals surface area contributed by atoms with E-state index in [2.05, 4.69) is 23.3 Å². The molecule has 1 saturated heterocycles. The first-order valence-electron chi connectivity index (χ1n) is 8.04. The first kappa shape index (κ1) is 15.3. The van der Waals surface area contributed by atoms with Gasteiger partial charge in [0.2, 0.25) is 5.91 Å². The summed E-state index contributed by atoms with van der Waals surface area (Å²) in [6, 6.07) is 2.29. The van der Waals surface area contributed by atoms with Gasteiger partial charge in [-0.3, -0.25) is 4.79 Å². The lowest BCUT2D eigenvalue weighted by Crippen LogP contribution is -2.42. The number of carbonyl (C=O) groups is 1. The van der Waals surface area contributed by atoms with Crippen molar-refractivity contribution in [1.29, 1.82) is 5.26 Å². The largest absolute Gasteiger partial charge is 0.355 e. The van der Waals surface area contributed by atoms with Gasteiger partial charge in [-0.25, -0.2) is 0 Å². The van der Waals surface area contributed by atoms with Crippen molar-refractivity contribution >= 4 is 5.91 Å². The molecular formula is C16H27N3O. The fraction of sp³-hybridized carbons (Fsp3) is 0.875. The Hall–Kier alpha value is -1.08. The SMILES string of the molecule is CN1CCC(CCNC(=O)C2(C#N)CCCCC2)CC1. The summed E-state index contributed by atoms with van der Waals surface area (Å²) in [6.45, 7) is 3.07. The van der Waals surface area contributed by atoms with E-state index in [4.69, 9.17) is 0 Å². The lowest BCUT2D eigenvalue weighted by molar-refractivity contribution is -0.129. The molecule has 4 nitrogen and oxygen atoms in total. The highest BCUT2D eigenvalue weighted by molar-refractivity contribution is 5.85. The lowest BCUT2D eigenvalue weighted by atomic mass is 9.74. The van der Waals surface area contributed by atoms with Crippen molar-refractivity contribution in [2.45, 2.75) is 51.4 Å². The maximum atomic E-state index is 12.3. The van der Waals surface area contributed by atoms with Crippen molar-refractivity contribution in [2.24, 2.45) is 11.3 Å². The molecule has 1 N–H and O–H groups in total. The van der Waals surface area contributed by atoms with Crippen molar-refractivity contribution in [2.75, 3.05) is 26.7 Å². The molecule has 0 atom stereocenters. The van der Waals surface area contributed by atoms with Gasteiger partial charge in [-0.1, -0.05) is 19.3 Å². The zero-order valence-corrected chi connectivity index (χ0v) is 12.7. The molecule has 1 aliphatic carbocycles. The molecule has 1 heterocycles. The average molecular weight is 277 g/mol. The van der Waals surface area contributed by atoms with Crippen LogP contribution in [-0.4, -0.2) is 37.5 Å². The van der Waals surface area contributed by atoms with Gasteiger partial charge < -0.3 is 10.2 Å². The third kappa shape index (κ3) is 3.73. The van der Waals surface area contributed by atoms with Gasteiger partial charge in [0.05, 0.1) is 6.07 Å². The molecule has 1 saturated carbocycles. The molecule has 112 valence electrons. The van der Waals surface area contributed by atoms with Crippen LogP contribution in [0.5, 0.6) is 0 Å². The molecule has 0 spiro atoms. The van der Waals surface area contributed by atoms with Gasteiger partial charge in [-0.05, 0) is 58.2 Å². The second-order valence-electron chi connectivity index (χ2n) is 6.55. The molecule has 2 fully saturated rings. The minimum atomic E-state index is -0.731.